The zero-order valence-corrected chi connectivity index (χ0v) is 14.7. The fourth-order valence-corrected chi connectivity index (χ4v) is 3.77. The monoisotopic (exact) mass is 337 g/mol. The molecular weight excluding hydrogens is 310 g/mol. The Morgan fingerprint density at radius 1 is 1.25 bits per heavy atom. The van der Waals surface area contributed by atoms with E-state index in [9.17, 15) is 0 Å². The van der Waals surface area contributed by atoms with E-state index in [1.807, 2.05) is 0 Å². The molecule has 1 aliphatic rings. The molecule has 0 amide bonds. The Morgan fingerprint density at radius 2 is 1.95 bits per heavy atom. The fourth-order valence-electron chi connectivity index (χ4n) is 3.14. The first kappa shape index (κ1) is 15.9. The van der Waals surface area contributed by atoms with Gasteiger partial charge in [-0.15, -0.1) is 0 Å². The van der Waals surface area contributed by atoms with Crippen LogP contribution in [0.4, 0.5) is 5.69 Å². The number of alkyl halides is 1. The largest absolute Gasteiger partial charge is 0.369 e. The highest BCUT2D eigenvalue weighted by molar-refractivity contribution is 9.08. The molecule has 1 nitrogen and oxygen atoms in total. The Balaban J connectivity index is 2.18. The molecule has 1 aromatic rings. The van der Waals surface area contributed by atoms with Gasteiger partial charge < -0.3 is 4.90 Å². The predicted octanol–water partition coefficient (Wildman–Crippen LogP) is 5.69. The zero-order chi connectivity index (χ0) is 14.5. The van der Waals surface area contributed by atoms with Crippen molar-refractivity contribution in [3.63, 3.8) is 0 Å². The van der Waals surface area contributed by atoms with Crippen molar-refractivity contribution in [3.8, 4) is 0 Å². The molecule has 0 bridgehead atoms. The molecule has 0 saturated heterocycles. The summed E-state index contributed by atoms with van der Waals surface area (Å²) in [5.41, 5.74) is 4.25. The molecule has 1 aliphatic carbocycles. The van der Waals surface area contributed by atoms with Crippen LogP contribution in [0.5, 0.6) is 0 Å². The van der Waals surface area contributed by atoms with Gasteiger partial charge in [0.05, 0.1) is 0 Å². The summed E-state index contributed by atoms with van der Waals surface area (Å²) in [4.78, 5) is 2.68. The molecule has 2 heteroatoms. The fraction of sp³-hybridized carbons (Fsp3) is 0.667. The molecule has 0 aromatic heterocycles. The zero-order valence-electron chi connectivity index (χ0n) is 13.2. The molecule has 112 valence electrons. The van der Waals surface area contributed by atoms with Crippen molar-refractivity contribution in [2.75, 3.05) is 11.4 Å². The van der Waals surface area contributed by atoms with Crippen LogP contribution in [-0.4, -0.2) is 12.6 Å². The summed E-state index contributed by atoms with van der Waals surface area (Å²) in [6.45, 7) is 8.09. The summed E-state index contributed by atoms with van der Waals surface area (Å²) in [6.07, 6.45) is 6.84. The second-order valence-electron chi connectivity index (χ2n) is 6.56. The topological polar surface area (TPSA) is 3.24 Å². The first-order valence-corrected chi connectivity index (χ1v) is 9.16. The van der Waals surface area contributed by atoms with Crippen molar-refractivity contribution < 1.29 is 0 Å². The first-order chi connectivity index (χ1) is 9.61. The lowest BCUT2D eigenvalue weighted by atomic mass is 10.1. The van der Waals surface area contributed by atoms with E-state index in [1.165, 1.54) is 55.5 Å². The van der Waals surface area contributed by atoms with Gasteiger partial charge in [0.1, 0.15) is 0 Å². The molecule has 1 fully saturated rings. The quantitative estimate of drug-likeness (QED) is 0.603. The second kappa shape index (κ2) is 7.49. The van der Waals surface area contributed by atoms with Crippen molar-refractivity contribution in [1.82, 2.24) is 0 Å². The molecule has 0 heterocycles. The van der Waals surface area contributed by atoms with Gasteiger partial charge in [0.15, 0.2) is 0 Å². The highest BCUT2D eigenvalue weighted by atomic mass is 79.9. The smallest absolute Gasteiger partial charge is 0.0371 e. The van der Waals surface area contributed by atoms with Gasteiger partial charge in [-0.3, -0.25) is 0 Å². The van der Waals surface area contributed by atoms with Gasteiger partial charge in [0, 0.05) is 23.6 Å². The molecule has 0 aliphatic heterocycles. The van der Waals surface area contributed by atoms with Gasteiger partial charge in [-0.1, -0.05) is 48.7 Å². The molecule has 0 radical (unpaired) electrons. The van der Waals surface area contributed by atoms with Crippen molar-refractivity contribution in [1.29, 1.82) is 0 Å². The van der Waals surface area contributed by atoms with E-state index >= 15 is 0 Å². The van der Waals surface area contributed by atoms with E-state index in [1.54, 1.807) is 0 Å². The average molecular weight is 338 g/mol. The van der Waals surface area contributed by atoms with Crippen molar-refractivity contribution in [2.24, 2.45) is 5.92 Å². The van der Waals surface area contributed by atoms with Crippen LogP contribution in [0.15, 0.2) is 18.2 Å². The van der Waals surface area contributed by atoms with E-state index in [0.29, 0.717) is 0 Å². The summed E-state index contributed by atoms with van der Waals surface area (Å²) in [5, 5.41) is 0.953. The third kappa shape index (κ3) is 4.00. The summed E-state index contributed by atoms with van der Waals surface area (Å²) in [7, 11) is 0. The highest BCUT2D eigenvalue weighted by Gasteiger charge is 2.23. The van der Waals surface area contributed by atoms with Crippen molar-refractivity contribution >= 4 is 21.6 Å². The Labute approximate surface area is 132 Å². The lowest BCUT2D eigenvalue weighted by Gasteiger charge is -2.32. The number of anilines is 1. The molecule has 0 unspecified atom stereocenters. The van der Waals surface area contributed by atoms with E-state index < -0.39 is 0 Å². The lowest BCUT2D eigenvalue weighted by molar-refractivity contribution is 0.528. The number of hydrogen-bond acceptors (Lipinski definition) is 1. The standard InChI is InChI=1S/C18H28BrN/c1-14(2)10-11-20(17-6-4-5-7-17)18-9-8-16(13-19)15(3)12-18/h8-9,12,14,17H,4-7,10-11,13H2,1-3H3. The molecule has 1 saturated carbocycles. The number of benzene rings is 1. The van der Waals surface area contributed by atoms with E-state index in [0.717, 1.165) is 17.3 Å². The third-order valence-corrected chi connectivity index (χ3v) is 5.12. The normalized spacial score (nSPS) is 16.1. The van der Waals surface area contributed by atoms with Crippen LogP contribution >= 0.6 is 15.9 Å². The van der Waals surface area contributed by atoms with Gasteiger partial charge in [-0.2, -0.15) is 0 Å². The maximum absolute atomic E-state index is 3.57. The number of nitrogens with zero attached hydrogens (tertiary/aromatic N) is 1. The van der Waals surface area contributed by atoms with Crippen molar-refractivity contribution in [2.45, 2.75) is 64.2 Å². The van der Waals surface area contributed by atoms with Gasteiger partial charge in [-0.05, 0) is 55.4 Å². The maximum Gasteiger partial charge on any atom is 0.0371 e. The number of rotatable bonds is 6. The van der Waals surface area contributed by atoms with Gasteiger partial charge in [0.25, 0.3) is 0 Å². The summed E-state index contributed by atoms with van der Waals surface area (Å²) >= 11 is 3.57. The molecular formula is C18H28BrN. The minimum Gasteiger partial charge on any atom is -0.369 e. The van der Waals surface area contributed by atoms with Crippen LogP contribution in [0.2, 0.25) is 0 Å². The van der Waals surface area contributed by atoms with E-state index in [4.69, 9.17) is 0 Å². The summed E-state index contributed by atoms with van der Waals surface area (Å²) in [6, 6.07) is 7.76. The van der Waals surface area contributed by atoms with Crippen LogP contribution in [0.3, 0.4) is 0 Å². The maximum atomic E-state index is 3.57. The van der Waals surface area contributed by atoms with Crippen LogP contribution in [-0.2, 0) is 5.33 Å². The Morgan fingerprint density at radius 3 is 2.50 bits per heavy atom. The minimum atomic E-state index is 0.767. The van der Waals surface area contributed by atoms with Gasteiger partial charge in [-0.25, -0.2) is 0 Å². The third-order valence-electron chi connectivity index (χ3n) is 4.51. The second-order valence-corrected chi connectivity index (χ2v) is 7.12. The highest BCUT2D eigenvalue weighted by Crippen LogP contribution is 2.30. The van der Waals surface area contributed by atoms with Crippen molar-refractivity contribution in [3.05, 3.63) is 29.3 Å². The Kier molecular flexibility index (Phi) is 5.95. The molecule has 2 rings (SSSR count). The number of aryl methyl sites for hydroxylation is 1. The van der Waals surface area contributed by atoms with Gasteiger partial charge >= 0.3 is 0 Å². The molecule has 0 spiro atoms. The van der Waals surface area contributed by atoms with E-state index in [2.05, 4.69) is 59.8 Å². The predicted molar refractivity (Wildman–Crippen MR) is 92.9 cm³/mol. The van der Waals surface area contributed by atoms with Crippen LogP contribution in [0.1, 0.15) is 57.1 Å². The molecule has 0 N–H and O–H groups in total. The molecule has 0 atom stereocenters. The number of halogens is 1. The molecule has 1 aromatic carbocycles. The van der Waals surface area contributed by atoms with Crippen LogP contribution in [0, 0.1) is 12.8 Å². The molecule has 20 heavy (non-hydrogen) atoms. The average Bonchev–Trinajstić information content (AvgIpc) is 2.93. The SMILES string of the molecule is Cc1cc(N(CCC(C)C)C2CCCC2)ccc1CBr. The summed E-state index contributed by atoms with van der Waals surface area (Å²) in [5.74, 6) is 0.779. The summed E-state index contributed by atoms with van der Waals surface area (Å²) < 4.78 is 0. The lowest BCUT2D eigenvalue weighted by Crippen LogP contribution is -2.34. The number of hydrogen-bond donors (Lipinski definition) is 0. The first-order valence-electron chi connectivity index (χ1n) is 8.04. The van der Waals surface area contributed by atoms with Crippen LogP contribution < -0.4 is 4.90 Å². The van der Waals surface area contributed by atoms with E-state index in [-0.39, 0.29) is 0 Å². The Bertz CT molecular complexity index is 421. The van der Waals surface area contributed by atoms with Gasteiger partial charge in [0.2, 0.25) is 0 Å². The minimum absolute atomic E-state index is 0.767. The van der Waals surface area contributed by atoms with Crippen LogP contribution in [0.25, 0.3) is 0 Å². The Hall–Kier alpha value is -0.500.